The minimum Gasteiger partial charge on any atom is -0.479 e. The molecule has 0 unspecified atom stereocenters. The van der Waals surface area contributed by atoms with Crippen LogP contribution in [0, 0.1) is 5.82 Å². The lowest BCUT2D eigenvalue weighted by atomic mass is 9.98. The molecule has 0 aliphatic carbocycles. The summed E-state index contributed by atoms with van der Waals surface area (Å²) in [7, 11) is 0. The van der Waals surface area contributed by atoms with Crippen LogP contribution < -0.4 is 0 Å². The van der Waals surface area contributed by atoms with Crippen molar-refractivity contribution >= 4 is 11.9 Å². The summed E-state index contributed by atoms with van der Waals surface area (Å²) in [6.07, 6.45) is -9.37. The van der Waals surface area contributed by atoms with Crippen molar-refractivity contribution in [2.24, 2.45) is 0 Å². The number of aliphatic carboxylic acids is 1. The molecular weight excluding hydrogens is 303 g/mol. The van der Waals surface area contributed by atoms with E-state index in [9.17, 15) is 29.3 Å². The summed E-state index contributed by atoms with van der Waals surface area (Å²) < 4.78 is 22.4. The first kappa shape index (κ1) is 16.3. The third-order valence-corrected chi connectivity index (χ3v) is 3.11. The van der Waals surface area contributed by atoms with Gasteiger partial charge in [0.15, 0.2) is 18.5 Å². The summed E-state index contributed by atoms with van der Waals surface area (Å²) in [5.74, 6) is -3.41. The molecule has 0 radical (unpaired) electrons. The van der Waals surface area contributed by atoms with Crippen LogP contribution in [-0.2, 0) is 14.3 Å². The molecule has 0 spiro atoms. The molecule has 1 aliphatic heterocycles. The highest BCUT2D eigenvalue weighted by Crippen LogP contribution is 2.23. The van der Waals surface area contributed by atoms with E-state index >= 15 is 0 Å². The van der Waals surface area contributed by atoms with Crippen molar-refractivity contribution in [3.8, 4) is 0 Å². The van der Waals surface area contributed by atoms with Gasteiger partial charge in [0, 0.05) is 0 Å². The number of hydrogen-bond acceptors (Lipinski definition) is 7. The summed E-state index contributed by atoms with van der Waals surface area (Å²) in [5, 5.41) is 37.8. The zero-order valence-electron chi connectivity index (χ0n) is 11.0. The molecule has 0 saturated carbocycles. The number of esters is 1. The Kier molecular flexibility index (Phi) is 4.71. The molecule has 0 bridgehead atoms. The molecule has 1 fully saturated rings. The van der Waals surface area contributed by atoms with Gasteiger partial charge in [-0.2, -0.15) is 0 Å². The second kappa shape index (κ2) is 6.36. The maximum absolute atomic E-state index is 13.0. The maximum atomic E-state index is 13.0. The van der Waals surface area contributed by atoms with Gasteiger partial charge in [-0.15, -0.1) is 0 Å². The van der Waals surface area contributed by atoms with Gasteiger partial charge >= 0.3 is 11.9 Å². The molecule has 9 heteroatoms. The first-order valence-electron chi connectivity index (χ1n) is 6.20. The number of carboxylic acids is 1. The van der Waals surface area contributed by atoms with E-state index in [-0.39, 0.29) is 5.56 Å². The van der Waals surface area contributed by atoms with Crippen molar-refractivity contribution in [1.82, 2.24) is 0 Å². The Morgan fingerprint density at radius 3 is 2.45 bits per heavy atom. The quantitative estimate of drug-likeness (QED) is 0.515. The van der Waals surface area contributed by atoms with Crippen molar-refractivity contribution < 1.29 is 43.9 Å². The lowest BCUT2D eigenvalue weighted by Gasteiger charge is -2.38. The summed E-state index contributed by atoms with van der Waals surface area (Å²) in [6, 6.07) is 4.44. The number of carbonyl (C=O) groups is 2. The van der Waals surface area contributed by atoms with Crippen LogP contribution >= 0.6 is 0 Å². The molecule has 2 rings (SSSR count). The third kappa shape index (κ3) is 3.22. The second-order valence-corrected chi connectivity index (χ2v) is 4.65. The fourth-order valence-corrected chi connectivity index (χ4v) is 2.00. The highest BCUT2D eigenvalue weighted by Gasteiger charge is 2.49. The lowest BCUT2D eigenvalue weighted by molar-refractivity contribution is -0.279. The van der Waals surface area contributed by atoms with Crippen molar-refractivity contribution in [2.45, 2.75) is 30.7 Å². The van der Waals surface area contributed by atoms with Crippen molar-refractivity contribution in [2.75, 3.05) is 0 Å². The predicted octanol–water partition coefficient (Wildman–Crippen LogP) is -1.13. The Bertz CT molecular complexity index is 577. The number of aliphatic hydroxyl groups is 3. The molecule has 0 amide bonds. The zero-order valence-corrected chi connectivity index (χ0v) is 11.0. The topological polar surface area (TPSA) is 134 Å². The fraction of sp³-hybridized carbons (Fsp3) is 0.385. The largest absolute Gasteiger partial charge is 0.479 e. The van der Waals surface area contributed by atoms with Crippen LogP contribution in [0.3, 0.4) is 0 Å². The van der Waals surface area contributed by atoms with Crippen molar-refractivity contribution in [1.29, 1.82) is 0 Å². The SMILES string of the molecule is O=C(O[C@@H]1[C@@H](O)[C@H](O)O[C@H](C(=O)O)[C@H]1O)c1cccc(F)c1. The summed E-state index contributed by atoms with van der Waals surface area (Å²) in [6.45, 7) is 0. The van der Waals surface area contributed by atoms with E-state index in [1.807, 2.05) is 0 Å². The predicted molar refractivity (Wildman–Crippen MR) is 66.1 cm³/mol. The van der Waals surface area contributed by atoms with Gasteiger partial charge in [0.25, 0.3) is 0 Å². The van der Waals surface area contributed by atoms with Gasteiger partial charge in [-0.3, -0.25) is 0 Å². The minimum absolute atomic E-state index is 0.202. The molecular formula is C13H13FO8. The van der Waals surface area contributed by atoms with E-state index in [0.29, 0.717) is 0 Å². The van der Waals surface area contributed by atoms with E-state index in [2.05, 4.69) is 4.74 Å². The number of hydrogen-bond donors (Lipinski definition) is 4. The zero-order chi connectivity index (χ0) is 16.4. The maximum Gasteiger partial charge on any atom is 0.338 e. The number of benzene rings is 1. The van der Waals surface area contributed by atoms with E-state index in [1.54, 1.807) is 0 Å². The second-order valence-electron chi connectivity index (χ2n) is 4.65. The molecule has 1 aliphatic rings. The number of carboxylic acid groups (broad SMARTS) is 1. The van der Waals surface area contributed by atoms with E-state index in [4.69, 9.17) is 9.84 Å². The van der Waals surface area contributed by atoms with E-state index in [0.717, 1.165) is 12.1 Å². The Labute approximate surface area is 123 Å². The number of aliphatic hydroxyl groups excluding tert-OH is 3. The van der Waals surface area contributed by atoms with Gasteiger partial charge in [-0.1, -0.05) is 6.07 Å². The first-order valence-corrected chi connectivity index (χ1v) is 6.20. The van der Waals surface area contributed by atoms with Gasteiger partial charge in [-0.25, -0.2) is 14.0 Å². The lowest BCUT2D eigenvalue weighted by Crippen LogP contribution is -2.61. The smallest absolute Gasteiger partial charge is 0.338 e. The Morgan fingerprint density at radius 1 is 1.18 bits per heavy atom. The van der Waals surface area contributed by atoms with Gasteiger partial charge < -0.3 is 29.9 Å². The van der Waals surface area contributed by atoms with Gasteiger partial charge in [-0.05, 0) is 18.2 Å². The molecule has 1 aromatic rings. The number of carbonyl (C=O) groups excluding carboxylic acids is 1. The Morgan fingerprint density at radius 2 is 1.86 bits per heavy atom. The average molecular weight is 316 g/mol. The first-order chi connectivity index (χ1) is 10.3. The van der Waals surface area contributed by atoms with Crippen LogP contribution in [0.4, 0.5) is 4.39 Å². The Hall–Kier alpha value is -2.07. The molecule has 1 heterocycles. The highest BCUT2D eigenvalue weighted by molar-refractivity contribution is 5.89. The van der Waals surface area contributed by atoms with Crippen LogP contribution in [0.25, 0.3) is 0 Å². The number of rotatable bonds is 3. The van der Waals surface area contributed by atoms with Crippen LogP contribution in [-0.4, -0.2) is 63.1 Å². The molecule has 120 valence electrons. The highest BCUT2D eigenvalue weighted by atomic mass is 19.1. The standard InChI is InChI=1S/C13H13FO8/c14-6-3-1-2-5(4-6)12(19)21-9-7(15)10(11(17)18)22-13(20)8(9)16/h1-4,7-10,13,15-16,20H,(H,17,18)/t7-,8+,9-,10-,13+/m0/s1. The van der Waals surface area contributed by atoms with E-state index < -0.39 is 48.5 Å². The van der Waals surface area contributed by atoms with Crippen molar-refractivity contribution in [3.05, 3.63) is 35.6 Å². The molecule has 0 aromatic heterocycles. The third-order valence-electron chi connectivity index (χ3n) is 3.11. The van der Waals surface area contributed by atoms with Crippen LogP contribution in [0.15, 0.2) is 24.3 Å². The fourth-order valence-electron chi connectivity index (χ4n) is 2.00. The van der Waals surface area contributed by atoms with Crippen LogP contribution in [0.1, 0.15) is 10.4 Å². The monoisotopic (exact) mass is 316 g/mol. The average Bonchev–Trinajstić information content (AvgIpc) is 2.46. The van der Waals surface area contributed by atoms with E-state index in [1.165, 1.54) is 12.1 Å². The van der Waals surface area contributed by atoms with Crippen LogP contribution in [0.5, 0.6) is 0 Å². The van der Waals surface area contributed by atoms with Gasteiger partial charge in [0.1, 0.15) is 18.0 Å². The molecule has 5 atom stereocenters. The molecule has 1 saturated heterocycles. The summed E-state index contributed by atoms with van der Waals surface area (Å²) in [4.78, 5) is 22.8. The minimum atomic E-state index is -1.96. The van der Waals surface area contributed by atoms with Crippen LogP contribution in [0.2, 0.25) is 0 Å². The Balaban J connectivity index is 2.18. The van der Waals surface area contributed by atoms with Gasteiger partial charge in [0.2, 0.25) is 0 Å². The van der Waals surface area contributed by atoms with Gasteiger partial charge in [0.05, 0.1) is 5.56 Å². The molecule has 1 aromatic carbocycles. The molecule has 22 heavy (non-hydrogen) atoms. The normalized spacial score (nSPS) is 31.5. The van der Waals surface area contributed by atoms with Crippen molar-refractivity contribution in [3.63, 3.8) is 0 Å². The molecule has 8 nitrogen and oxygen atoms in total. The number of ether oxygens (including phenoxy) is 2. The molecule has 4 N–H and O–H groups in total. The summed E-state index contributed by atoms with van der Waals surface area (Å²) in [5.41, 5.74) is -0.202. The summed E-state index contributed by atoms with van der Waals surface area (Å²) >= 11 is 0. The number of halogens is 1.